The fraction of sp³-hybridized carbons (Fsp3) is 0.299. The Morgan fingerprint density at radius 1 is 0.396 bits per heavy atom. The lowest BCUT2D eigenvalue weighted by molar-refractivity contribution is -0.154. The van der Waals surface area contributed by atoms with E-state index in [0.29, 0.717) is 35.7 Å². The highest BCUT2D eigenvalue weighted by Gasteiger charge is 2.24. The lowest BCUT2D eigenvalue weighted by Gasteiger charge is -2.17. The van der Waals surface area contributed by atoms with Crippen LogP contribution in [0.15, 0.2) is 241 Å². The van der Waals surface area contributed by atoms with Crippen molar-refractivity contribution in [2.75, 3.05) is 85.2 Å². The molecule has 5 atom stereocenters. The van der Waals surface area contributed by atoms with Crippen LogP contribution in [0.3, 0.4) is 0 Å². The molecule has 2 fully saturated rings. The van der Waals surface area contributed by atoms with E-state index >= 15 is 0 Å². The second kappa shape index (κ2) is 48.9. The van der Waals surface area contributed by atoms with Crippen LogP contribution < -0.4 is 28.4 Å². The number of aliphatic hydroxyl groups excluding tert-OH is 2. The Kier molecular flexibility index (Phi) is 40.6. The van der Waals surface area contributed by atoms with Crippen molar-refractivity contribution in [3.8, 4) is 34.5 Å². The molecule has 1 heterocycles. The molecule has 0 amide bonds. The number of esters is 6. The lowest BCUT2D eigenvalue weighted by Crippen LogP contribution is -2.30. The summed E-state index contributed by atoms with van der Waals surface area (Å²) in [5.74, 6) is 1.74. The summed E-state index contributed by atoms with van der Waals surface area (Å²) >= 11 is 5.01. The first-order valence-electron chi connectivity index (χ1n) is 31.6. The molecular weight excluding hydrogens is 1360 g/mol. The first kappa shape index (κ1) is 83.7. The van der Waals surface area contributed by atoms with Gasteiger partial charge in [-0.3, -0.25) is 0 Å². The van der Waals surface area contributed by atoms with E-state index in [0.717, 1.165) is 88.0 Å². The molecule has 1 saturated heterocycles. The second-order valence-corrected chi connectivity index (χ2v) is 24.4. The molecule has 0 bridgehead atoms. The maximum Gasteiger partial charge on any atom is 0.330 e. The molecule has 6 aromatic rings. The van der Waals surface area contributed by atoms with Gasteiger partial charge in [-0.15, -0.1) is 23.5 Å². The Labute approximate surface area is 603 Å². The van der Waals surface area contributed by atoms with E-state index in [1.165, 1.54) is 22.6 Å². The van der Waals surface area contributed by atoms with Gasteiger partial charge >= 0.3 is 35.8 Å². The normalized spacial score (nSPS) is 13.2. The van der Waals surface area contributed by atoms with Crippen molar-refractivity contribution in [2.45, 2.75) is 76.8 Å². The smallest absolute Gasteiger partial charge is 0.330 e. The first-order valence-corrected chi connectivity index (χ1v) is 34.9. The number of aliphatic hydroxyl groups is 2. The fourth-order valence-corrected chi connectivity index (χ4v) is 8.90. The molecule has 24 heteroatoms. The third-order valence-electron chi connectivity index (χ3n) is 13.0. The second-order valence-electron chi connectivity index (χ2n) is 21.5. The monoisotopic (exact) mass is 1440 g/mol. The Morgan fingerprint density at radius 3 is 0.970 bits per heavy atom. The predicted molar refractivity (Wildman–Crippen MR) is 388 cm³/mol. The molecule has 21 nitrogen and oxygen atoms in total. The number of thioether (sulfide) groups is 2. The van der Waals surface area contributed by atoms with Gasteiger partial charge in [0.15, 0.2) is 12.2 Å². The average Bonchev–Trinajstić information content (AvgIpc) is 1.88. The summed E-state index contributed by atoms with van der Waals surface area (Å²) in [4.78, 5) is 70.8. The zero-order chi connectivity index (χ0) is 73.6. The molecule has 0 aromatic heterocycles. The van der Waals surface area contributed by atoms with Gasteiger partial charge in [0.1, 0.15) is 112 Å². The number of rotatable bonds is 38. The standard InChI is InChI=1S/C19H20O3S.C16H18O5S.C16H18O5.C13H16O4S.C13H16O4/c1-2-14(1)11-20-15-3-7-18(8-4-15)23-19-9-5-16(6-10-19)21-12-17-13-22-17;1-4-15(17)20-11-13(21-16(18)5-2)10-19-12-6-8-14(22-3)9-7-12;1-4-15(17)20-11-14(21-16(18)5-2)10-19-13-8-6-12(3)7-9-13;1-3-13(15)17-9-10(14)8-16-11-4-6-12(18-2)7-5-11;1-3-13(15)17-9-11(14)8-16-12-6-4-10(2)5-7-12/h3-10,14,17H,1-2,11-13H2;4-9,13H,1-2,10-11H2,3H3;4-9,14H,1-2,10-11H2,3H3;3-7,10,14H,1,8-9H2,2H3;3-7,11,14H,1,8-9H2,2H3. The molecule has 2 aliphatic rings. The zero-order valence-corrected chi connectivity index (χ0v) is 59.5. The van der Waals surface area contributed by atoms with Crippen LogP contribution in [-0.4, -0.2) is 162 Å². The van der Waals surface area contributed by atoms with Crippen molar-refractivity contribution in [2.24, 2.45) is 5.92 Å². The molecule has 6 aromatic carbocycles. The number of carbonyl (C=O) groups is 6. The number of aryl methyl sites for hydroxylation is 2. The maximum absolute atomic E-state index is 11.3. The first-order chi connectivity index (χ1) is 48.7. The third kappa shape index (κ3) is 39.0. The van der Waals surface area contributed by atoms with Gasteiger partial charge in [0, 0.05) is 56.0 Å². The number of epoxide rings is 1. The van der Waals surface area contributed by atoms with Crippen LogP contribution in [0, 0.1) is 19.8 Å². The van der Waals surface area contributed by atoms with Crippen molar-refractivity contribution in [1.29, 1.82) is 0 Å². The SMILES string of the molecule is C=CC(=O)OCC(COc1ccc(C)cc1)OC(=O)C=C.C=CC(=O)OCC(COc1ccc(SC)cc1)OC(=O)C=C.C=CC(=O)OCC(O)COc1ccc(C)cc1.C=CC(=O)OCC(O)COc1ccc(SC)cc1.c1cc(Sc2ccc(OCC3CO3)cc2)ccc1OCC1CC1. The molecule has 101 heavy (non-hydrogen) atoms. The van der Waals surface area contributed by atoms with Gasteiger partial charge in [-0.1, -0.05) is 86.6 Å². The van der Waals surface area contributed by atoms with E-state index in [1.807, 2.05) is 123 Å². The van der Waals surface area contributed by atoms with Gasteiger partial charge in [0.25, 0.3) is 0 Å². The quantitative estimate of drug-likeness (QED) is 0.0120. The van der Waals surface area contributed by atoms with Gasteiger partial charge in [-0.2, -0.15) is 0 Å². The molecule has 1 aliphatic heterocycles. The van der Waals surface area contributed by atoms with Crippen molar-refractivity contribution in [3.63, 3.8) is 0 Å². The summed E-state index contributed by atoms with van der Waals surface area (Å²) in [5, 5.41) is 19.0. The largest absolute Gasteiger partial charge is 0.493 e. The molecule has 1 saturated carbocycles. The average molecular weight is 1450 g/mol. The number of hydrogen-bond acceptors (Lipinski definition) is 24. The molecule has 2 N–H and O–H groups in total. The van der Waals surface area contributed by atoms with E-state index in [4.69, 9.17) is 52.1 Å². The topological polar surface area (TPSA) is 266 Å². The molecule has 5 unspecified atom stereocenters. The molecule has 8 rings (SSSR count). The van der Waals surface area contributed by atoms with Crippen LogP contribution in [0.5, 0.6) is 34.5 Å². The van der Waals surface area contributed by atoms with Crippen LogP contribution in [0.2, 0.25) is 0 Å². The Hall–Kier alpha value is -9.69. The van der Waals surface area contributed by atoms with Crippen molar-refractivity contribution in [1.82, 2.24) is 0 Å². The van der Waals surface area contributed by atoms with E-state index in [2.05, 4.69) is 85.3 Å². The van der Waals surface area contributed by atoms with Crippen molar-refractivity contribution >= 4 is 71.1 Å². The Morgan fingerprint density at radius 2 is 0.673 bits per heavy atom. The van der Waals surface area contributed by atoms with Gasteiger partial charge in [-0.05, 0) is 166 Å². The Balaban J connectivity index is 0.000000269. The van der Waals surface area contributed by atoms with E-state index in [1.54, 1.807) is 47.4 Å². The van der Waals surface area contributed by atoms with Crippen molar-refractivity contribution in [3.05, 3.63) is 233 Å². The predicted octanol–water partition coefficient (Wildman–Crippen LogP) is 12.6. The number of ether oxygens (including phenoxy) is 13. The van der Waals surface area contributed by atoms with Crippen LogP contribution in [0.4, 0.5) is 0 Å². The summed E-state index contributed by atoms with van der Waals surface area (Å²) in [6.07, 6.45) is 10.0. The molecular formula is C77H88O21S3. The zero-order valence-electron chi connectivity index (χ0n) is 57.1. The highest BCUT2D eigenvalue weighted by Crippen LogP contribution is 2.33. The maximum atomic E-state index is 11.3. The minimum Gasteiger partial charge on any atom is -0.493 e. The van der Waals surface area contributed by atoms with Crippen molar-refractivity contribution < 1.29 is 101 Å². The summed E-state index contributed by atoms with van der Waals surface area (Å²) < 4.78 is 67.5. The van der Waals surface area contributed by atoms with Crippen LogP contribution in [-0.2, 0) is 61.9 Å². The molecule has 1 aliphatic carbocycles. The third-order valence-corrected chi connectivity index (χ3v) is 15.5. The van der Waals surface area contributed by atoms with Crippen LogP contribution in [0.25, 0.3) is 0 Å². The van der Waals surface area contributed by atoms with Gasteiger partial charge < -0.3 is 71.8 Å². The summed E-state index contributed by atoms with van der Waals surface area (Å²) in [6.45, 7) is 25.8. The molecule has 540 valence electrons. The van der Waals surface area contributed by atoms with Crippen LogP contribution >= 0.6 is 35.3 Å². The van der Waals surface area contributed by atoms with Crippen LogP contribution in [0.1, 0.15) is 24.0 Å². The Bertz CT molecular complexity index is 3430. The summed E-state index contributed by atoms with van der Waals surface area (Å²) in [6, 6.07) is 46.4. The minimum absolute atomic E-state index is 0.0582. The molecule has 0 radical (unpaired) electrons. The highest BCUT2D eigenvalue weighted by molar-refractivity contribution is 7.99. The van der Waals surface area contributed by atoms with E-state index in [-0.39, 0.29) is 52.9 Å². The van der Waals surface area contributed by atoms with E-state index < -0.39 is 60.2 Å². The van der Waals surface area contributed by atoms with Gasteiger partial charge in [-0.25, -0.2) is 28.8 Å². The number of benzene rings is 6. The van der Waals surface area contributed by atoms with Gasteiger partial charge in [0.05, 0.1) is 13.2 Å². The summed E-state index contributed by atoms with van der Waals surface area (Å²) in [7, 11) is 0. The summed E-state index contributed by atoms with van der Waals surface area (Å²) in [5.41, 5.74) is 2.25. The number of carbonyl (C=O) groups excluding carboxylic acids is 6. The lowest BCUT2D eigenvalue weighted by atomic mass is 10.2. The highest BCUT2D eigenvalue weighted by atomic mass is 32.2. The minimum atomic E-state index is -0.853. The van der Waals surface area contributed by atoms with Gasteiger partial charge in [0.2, 0.25) is 0 Å². The molecule has 0 spiro atoms. The fourth-order valence-electron chi connectivity index (χ4n) is 7.27. The van der Waals surface area contributed by atoms with E-state index in [9.17, 15) is 39.0 Å². The number of hydrogen-bond donors (Lipinski definition) is 2.